The molecule has 0 aliphatic heterocycles. The maximum Gasteiger partial charge on any atom is 0.288 e. The molecule has 3 aromatic rings. The fourth-order valence-corrected chi connectivity index (χ4v) is 2.95. The smallest absolute Gasteiger partial charge is 0.288 e. The molecule has 0 radical (unpaired) electrons. The van der Waals surface area contributed by atoms with Gasteiger partial charge in [-0.1, -0.05) is 12.1 Å². The molecule has 2 aromatic carbocycles. The van der Waals surface area contributed by atoms with E-state index in [1.165, 1.54) is 0 Å². The Kier molecular flexibility index (Phi) is 3.42. The lowest BCUT2D eigenvalue weighted by molar-refractivity contribution is 0.477. The Hall–Kier alpha value is -2.65. The van der Waals surface area contributed by atoms with Gasteiger partial charge in [0, 0.05) is 5.69 Å². The van der Waals surface area contributed by atoms with Gasteiger partial charge in [0.05, 0.1) is 17.4 Å². The van der Waals surface area contributed by atoms with Gasteiger partial charge < -0.3 is 10.2 Å². The third kappa shape index (κ3) is 2.78. The van der Waals surface area contributed by atoms with Gasteiger partial charge in [0.2, 0.25) is 0 Å². The van der Waals surface area contributed by atoms with E-state index in [4.69, 9.17) is 15.4 Å². The zero-order valence-corrected chi connectivity index (χ0v) is 11.8. The Morgan fingerprint density at radius 3 is 2.95 bits per heavy atom. The molecule has 0 fully saturated rings. The van der Waals surface area contributed by atoms with E-state index in [9.17, 15) is 4.21 Å². The first-order valence-electron chi connectivity index (χ1n) is 6.19. The van der Waals surface area contributed by atoms with E-state index in [0.717, 1.165) is 5.56 Å². The van der Waals surface area contributed by atoms with Gasteiger partial charge in [-0.15, -0.1) is 0 Å². The summed E-state index contributed by atoms with van der Waals surface area (Å²) < 4.78 is 17.8. The van der Waals surface area contributed by atoms with Gasteiger partial charge in [-0.05, 0) is 35.9 Å². The topological polar surface area (TPSA) is 92.9 Å². The summed E-state index contributed by atoms with van der Waals surface area (Å²) in [4.78, 5) is 4.20. The van der Waals surface area contributed by atoms with Crippen molar-refractivity contribution in [2.75, 3.05) is 5.73 Å². The van der Waals surface area contributed by atoms with Crippen molar-refractivity contribution < 1.29 is 8.63 Å². The molecular formula is C15H11N3O2S. The van der Waals surface area contributed by atoms with E-state index < -0.39 is 10.8 Å². The maximum absolute atomic E-state index is 12.3. The monoisotopic (exact) mass is 297 g/mol. The summed E-state index contributed by atoms with van der Waals surface area (Å²) in [5, 5.41) is 9.03. The first-order valence-corrected chi connectivity index (χ1v) is 7.51. The third-order valence-electron chi connectivity index (χ3n) is 2.94. The third-order valence-corrected chi connectivity index (χ3v) is 4.10. The standard InChI is InChI=1S/C15H11N3O2S/c16-8-10-2-1-3-11(6-10)9-21(19)15-18-13-7-12(17)4-5-14(13)20-15/h1-7H,9,17H2. The highest BCUT2D eigenvalue weighted by atomic mass is 32.2. The molecule has 0 saturated heterocycles. The Morgan fingerprint density at radius 2 is 2.14 bits per heavy atom. The van der Waals surface area contributed by atoms with E-state index in [1.54, 1.807) is 36.4 Å². The predicted octanol–water partition coefficient (Wildman–Crippen LogP) is 2.59. The minimum atomic E-state index is -1.41. The first kappa shape index (κ1) is 13.3. The van der Waals surface area contributed by atoms with Crippen LogP contribution in [0.2, 0.25) is 0 Å². The fraction of sp³-hybridized carbons (Fsp3) is 0.0667. The number of oxazole rings is 1. The van der Waals surface area contributed by atoms with Crippen LogP contribution in [0, 0.1) is 11.3 Å². The molecule has 104 valence electrons. The molecule has 0 saturated carbocycles. The second-order valence-corrected chi connectivity index (χ2v) is 5.84. The van der Waals surface area contributed by atoms with Gasteiger partial charge in [-0.3, -0.25) is 0 Å². The molecule has 5 nitrogen and oxygen atoms in total. The van der Waals surface area contributed by atoms with Gasteiger partial charge in [-0.2, -0.15) is 5.26 Å². The first-order chi connectivity index (χ1) is 10.2. The summed E-state index contributed by atoms with van der Waals surface area (Å²) in [7, 11) is -1.41. The molecule has 2 N–H and O–H groups in total. The van der Waals surface area contributed by atoms with Crippen molar-refractivity contribution in [3.8, 4) is 6.07 Å². The van der Waals surface area contributed by atoms with E-state index in [0.29, 0.717) is 22.4 Å². The van der Waals surface area contributed by atoms with E-state index in [-0.39, 0.29) is 11.0 Å². The Labute approximate surface area is 123 Å². The molecule has 0 aliphatic carbocycles. The van der Waals surface area contributed by atoms with Crippen LogP contribution in [0.5, 0.6) is 0 Å². The van der Waals surface area contributed by atoms with Gasteiger partial charge in [0.15, 0.2) is 5.58 Å². The molecule has 0 bridgehead atoms. The number of nitriles is 1. The van der Waals surface area contributed by atoms with Crippen molar-refractivity contribution in [2.24, 2.45) is 0 Å². The molecule has 21 heavy (non-hydrogen) atoms. The van der Waals surface area contributed by atoms with Crippen molar-refractivity contribution >= 4 is 27.6 Å². The molecule has 0 spiro atoms. The average Bonchev–Trinajstić information content (AvgIpc) is 2.90. The Bertz CT molecular complexity index is 880. The number of hydrogen-bond acceptors (Lipinski definition) is 5. The number of nitrogens with two attached hydrogens (primary N) is 1. The number of hydrogen-bond donors (Lipinski definition) is 1. The SMILES string of the molecule is N#Cc1cccc(CS(=O)c2nc3cc(N)ccc3o2)c1. The van der Waals surface area contributed by atoms with Crippen LogP contribution in [0.1, 0.15) is 11.1 Å². The second kappa shape index (κ2) is 5.38. The molecule has 0 amide bonds. The molecule has 0 aliphatic rings. The number of nitrogen functional groups attached to an aromatic ring is 1. The van der Waals surface area contributed by atoms with Crippen molar-refractivity contribution in [3.63, 3.8) is 0 Å². The number of fused-ring (bicyclic) bond motifs is 1. The van der Waals surface area contributed by atoms with Crippen LogP contribution in [0.15, 0.2) is 52.1 Å². The highest BCUT2D eigenvalue weighted by Gasteiger charge is 2.14. The van der Waals surface area contributed by atoms with E-state index >= 15 is 0 Å². The summed E-state index contributed by atoms with van der Waals surface area (Å²) in [5.74, 6) is 0.248. The summed E-state index contributed by atoms with van der Waals surface area (Å²) >= 11 is 0. The molecule has 1 atom stereocenters. The lowest BCUT2D eigenvalue weighted by atomic mass is 10.2. The van der Waals surface area contributed by atoms with Gasteiger partial charge in [0.25, 0.3) is 5.22 Å². The number of aromatic nitrogens is 1. The molecule has 1 aromatic heterocycles. The van der Waals surface area contributed by atoms with Crippen LogP contribution in [0.4, 0.5) is 5.69 Å². The number of nitrogens with zero attached hydrogens (tertiary/aromatic N) is 2. The molecule has 6 heteroatoms. The van der Waals surface area contributed by atoms with Crippen molar-refractivity contribution in [2.45, 2.75) is 11.0 Å². The van der Waals surface area contributed by atoms with Crippen LogP contribution in [0.25, 0.3) is 11.1 Å². The van der Waals surface area contributed by atoms with Gasteiger partial charge >= 0.3 is 0 Å². The van der Waals surface area contributed by atoms with E-state index in [1.807, 2.05) is 6.07 Å². The quantitative estimate of drug-likeness (QED) is 0.750. The molecule has 1 unspecified atom stereocenters. The summed E-state index contributed by atoms with van der Waals surface area (Å²) in [5.41, 5.74) is 8.73. The summed E-state index contributed by atoms with van der Waals surface area (Å²) in [6.07, 6.45) is 0. The lowest BCUT2D eigenvalue weighted by Gasteiger charge is -1.99. The van der Waals surface area contributed by atoms with Crippen molar-refractivity contribution in [1.29, 1.82) is 5.26 Å². The number of benzene rings is 2. The van der Waals surface area contributed by atoms with Crippen molar-refractivity contribution in [3.05, 3.63) is 53.6 Å². The lowest BCUT2D eigenvalue weighted by Crippen LogP contribution is -1.97. The highest BCUT2D eigenvalue weighted by Crippen LogP contribution is 2.21. The Balaban J connectivity index is 1.88. The minimum Gasteiger partial charge on any atom is -0.430 e. The van der Waals surface area contributed by atoms with Crippen LogP contribution in [0.3, 0.4) is 0 Å². The number of rotatable bonds is 3. The highest BCUT2D eigenvalue weighted by molar-refractivity contribution is 7.84. The zero-order valence-electron chi connectivity index (χ0n) is 10.9. The maximum atomic E-state index is 12.3. The second-order valence-electron chi connectivity index (χ2n) is 4.51. The fourth-order valence-electron chi connectivity index (χ4n) is 1.96. The largest absolute Gasteiger partial charge is 0.430 e. The summed E-state index contributed by atoms with van der Waals surface area (Å²) in [6.45, 7) is 0. The van der Waals surface area contributed by atoms with Crippen LogP contribution in [-0.4, -0.2) is 9.19 Å². The molecule has 3 rings (SSSR count). The minimum absolute atomic E-state index is 0.165. The zero-order chi connectivity index (χ0) is 14.8. The molecular weight excluding hydrogens is 286 g/mol. The van der Waals surface area contributed by atoms with Gasteiger partial charge in [0.1, 0.15) is 16.3 Å². The Morgan fingerprint density at radius 1 is 1.29 bits per heavy atom. The predicted molar refractivity (Wildman–Crippen MR) is 79.7 cm³/mol. The normalized spacial score (nSPS) is 12.1. The van der Waals surface area contributed by atoms with Crippen LogP contribution >= 0.6 is 0 Å². The number of anilines is 1. The molecule has 1 heterocycles. The van der Waals surface area contributed by atoms with Crippen molar-refractivity contribution in [1.82, 2.24) is 4.98 Å². The summed E-state index contributed by atoms with van der Waals surface area (Å²) in [6, 6.07) is 14.1. The average molecular weight is 297 g/mol. The van der Waals surface area contributed by atoms with Crippen LogP contribution in [-0.2, 0) is 16.6 Å². The van der Waals surface area contributed by atoms with Crippen LogP contribution < -0.4 is 5.73 Å². The van der Waals surface area contributed by atoms with Gasteiger partial charge in [-0.25, -0.2) is 9.19 Å². The van der Waals surface area contributed by atoms with E-state index in [2.05, 4.69) is 11.1 Å².